The third-order valence-electron chi connectivity index (χ3n) is 3.92. The van der Waals surface area contributed by atoms with Gasteiger partial charge in [0, 0.05) is 19.6 Å². The fourth-order valence-corrected chi connectivity index (χ4v) is 4.28. The minimum absolute atomic E-state index is 0.0753. The molecule has 1 aliphatic heterocycles. The van der Waals surface area contributed by atoms with Crippen LogP contribution in [0.5, 0.6) is 0 Å². The highest BCUT2D eigenvalue weighted by Crippen LogP contribution is 2.32. The molecule has 1 aliphatic rings. The van der Waals surface area contributed by atoms with Gasteiger partial charge in [0.05, 0.1) is 20.6 Å². The van der Waals surface area contributed by atoms with Crippen molar-refractivity contribution in [3.05, 3.63) is 20.3 Å². The molecule has 0 aliphatic carbocycles. The number of carbonyl (C=O) groups is 2. The first-order valence-electron chi connectivity index (χ1n) is 7.44. The van der Waals surface area contributed by atoms with E-state index < -0.39 is 11.5 Å². The number of nitrogens with one attached hydrogen (secondary N) is 1. The molecular weight excluding hydrogens is 361 g/mol. The van der Waals surface area contributed by atoms with E-state index in [1.54, 1.807) is 0 Å². The Morgan fingerprint density at radius 3 is 2.61 bits per heavy atom. The van der Waals surface area contributed by atoms with Gasteiger partial charge in [0.2, 0.25) is 5.91 Å². The largest absolute Gasteiger partial charge is 0.481 e. The molecule has 1 aromatic heterocycles. The number of hydrogen-bond acceptors (Lipinski definition) is 4. The Morgan fingerprint density at radius 1 is 1.35 bits per heavy atom. The molecule has 2 N–H and O–H groups in total. The van der Waals surface area contributed by atoms with Gasteiger partial charge in [-0.25, -0.2) is 0 Å². The molecule has 0 unspecified atom stereocenters. The number of thiophene rings is 1. The Labute approximate surface area is 148 Å². The summed E-state index contributed by atoms with van der Waals surface area (Å²) in [7, 11) is 0. The molecule has 0 atom stereocenters. The molecule has 128 valence electrons. The monoisotopic (exact) mass is 379 g/mol. The van der Waals surface area contributed by atoms with E-state index in [1.807, 2.05) is 6.07 Å². The molecule has 1 fully saturated rings. The van der Waals surface area contributed by atoms with Crippen LogP contribution >= 0.6 is 34.5 Å². The lowest BCUT2D eigenvalue weighted by Gasteiger charge is -2.36. The molecule has 2 rings (SSSR count). The Morgan fingerprint density at radius 2 is 2.04 bits per heavy atom. The minimum atomic E-state index is -0.910. The van der Waals surface area contributed by atoms with E-state index in [4.69, 9.17) is 33.0 Å². The second kappa shape index (κ2) is 8.33. The lowest BCUT2D eigenvalue weighted by atomic mass is 9.86. The van der Waals surface area contributed by atoms with Crippen LogP contribution in [-0.4, -0.2) is 35.7 Å². The molecule has 1 aromatic rings. The summed E-state index contributed by atoms with van der Waals surface area (Å²) >= 11 is 13.3. The molecule has 0 saturated carbocycles. The van der Waals surface area contributed by atoms with Gasteiger partial charge in [-0.15, -0.1) is 11.3 Å². The third-order valence-corrected chi connectivity index (χ3v) is 5.49. The number of rotatable bonds is 7. The first-order valence-corrected chi connectivity index (χ1v) is 9.02. The Kier molecular flexibility index (Phi) is 6.71. The first kappa shape index (κ1) is 18.5. The number of aliphatic carboxylic acids is 1. The number of carboxylic acids is 1. The molecule has 5 nitrogen and oxygen atoms in total. The molecule has 23 heavy (non-hydrogen) atoms. The van der Waals surface area contributed by atoms with Crippen molar-refractivity contribution in [1.29, 1.82) is 0 Å². The van der Waals surface area contributed by atoms with Gasteiger partial charge in [0.25, 0.3) is 0 Å². The van der Waals surface area contributed by atoms with E-state index in [1.165, 1.54) is 11.3 Å². The number of amides is 1. The smallest absolute Gasteiger partial charge is 0.305 e. The van der Waals surface area contributed by atoms with E-state index in [0.29, 0.717) is 54.0 Å². The SMILES string of the molecule is O=C(O)CC1(NC(=O)CCCc2cc(Cl)sc2Cl)CCOCC1. The van der Waals surface area contributed by atoms with Crippen LogP contribution in [0.1, 0.15) is 37.7 Å². The summed E-state index contributed by atoms with van der Waals surface area (Å²) in [6, 6.07) is 1.82. The summed E-state index contributed by atoms with van der Waals surface area (Å²) in [5.74, 6) is -1.04. The highest BCUT2D eigenvalue weighted by Gasteiger charge is 2.36. The first-order chi connectivity index (χ1) is 10.9. The second-order valence-corrected chi connectivity index (χ2v) is 8.00. The van der Waals surface area contributed by atoms with Crippen LogP contribution in [0, 0.1) is 0 Å². The Balaban J connectivity index is 1.84. The lowest BCUT2D eigenvalue weighted by Crippen LogP contribution is -2.53. The minimum Gasteiger partial charge on any atom is -0.481 e. The normalized spacial score (nSPS) is 17.0. The molecule has 2 heterocycles. The van der Waals surface area contributed by atoms with Gasteiger partial charge in [-0.1, -0.05) is 23.2 Å². The molecule has 0 spiro atoms. The third kappa shape index (κ3) is 5.64. The molecule has 0 bridgehead atoms. The van der Waals surface area contributed by atoms with Crippen LogP contribution in [0.15, 0.2) is 6.07 Å². The molecule has 8 heteroatoms. The van der Waals surface area contributed by atoms with Crippen molar-refractivity contribution in [3.8, 4) is 0 Å². The zero-order valence-electron chi connectivity index (χ0n) is 12.6. The van der Waals surface area contributed by atoms with Crippen molar-refractivity contribution >= 4 is 46.4 Å². The van der Waals surface area contributed by atoms with Crippen molar-refractivity contribution in [2.45, 2.75) is 44.1 Å². The van der Waals surface area contributed by atoms with Crippen LogP contribution in [0.3, 0.4) is 0 Å². The van der Waals surface area contributed by atoms with Crippen molar-refractivity contribution in [3.63, 3.8) is 0 Å². The van der Waals surface area contributed by atoms with Gasteiger partial charge in [-0.2, -0.15) is 0 Å². The van der Waals surface area contributed by atoms with Crippen LogP contribution < -0.4 is 5.32 Å². The Hall–Kier alpha value is -0.820. The molecule has 1 amide bonds. The van der Waals surface area contributed by atoms with Gasteiger partial charge in [0.15, 0.2) is 0 Å². The Bertz CT molecular complexity index is 570. The fourth-order valence-electron chi connectivity index (χ4n) is 2.74. The van der Waals surface area contributed by atoms with Gasteiger partial charge in [0.1, 0.15) is 0 Å². The molecular formula is C15H19Cl2NO4S. The highest BCUT2D eigenvalue weighted by molar-refractivity contribution is 7.20. The number of ether oxygens (including phenoxy) is 1. The average Bonchev–Trinajstić information content (AvgIpc) is 2.77. The van der Waals surface area contributed by atoms with Gasteiger partial charge in [-0.05, 0) is 37.3 Å². The predicted octanol–water partition coefficient (Wildman–Crippen LogP) is 3.52. The van der Waals surface area contributed by atoms with Crippen LogP contribution in [0.4, 0.5) is 0 Å². The van der Waals surface area contributed by atoms with Gasteiger partial charge < -0.3 is 15.2 Å². The number of halogens is 2. The fraction of sp³-hybridized carbons (Fsp3) is 0.600. The van der Waals surface area contributed by atoms with Gasteiger partial charge >= 0.3 is 5.97 Å². The number of hydrogen-bond donors (Lipinski definition) is 2. The van der Waals surface area contributed by atoms with Crippen LogP contribution in [-0.2, 0) is 20.7 Å². The summed E-state index contributed by atoms with van der Waals surface area (Å²) in [6.07, 6.45) is 2.61. The van der Waals surface area contributed by atoms with E-state index in [2.05, 4.69) is 5.32 Å². The quantitative estimate of drug-likeness (QED) is 0.759. The maximum atomic E-state index is 12.2. The standard InChI is InChI=1S/C15H19Cl2NO4S/c16-11-8-10(14(17)23-11)2-1-3-12(19)18-15(9-13(20)21)4-6-22-7-5-15/h8H,1-7,9H2,(H,18,19)(H,20,21). The molecule has 1 saturated heterocycles. The topological polar surface area (TPSA) is 75.6 Å². The van der Waals surface area contributed by atoms with E-state index >= 15 is 0 Å². The predicted molar refractivity (Wildman–Crippen MR) is 90.5 cm³/mol. The second-order valence-electron chi connectivity index (χ2n) is 5.71. The zero-order valence-corrected chi connectivity index (χ0v) is 14.9. The number of carboxylic acid groups (broad SMARTS) is 1. The van der Waals surface area contributed by atoms with E-state index in [9.17, 15) is 9.59 Å². The average molecular weight is 380 g/mol. The van der Waals surface area contributed by atoms with Gasteiger partial charge in [-0.3, -0.25) is 9.59 Å². The van der Waals surface area contributed by atoms with E-state index in [-0.39, 0.29) is 12.3 Å². The summed E-state index contributed by atoms with van der Waals surface area (Å²) in [5.41, 5.74) is 0.255. The molecule has 0 aromatic carbocycles. The zero-order chi connectivity index (χ0) is 16.9. The number of aryl methyl sites for hydroxylation is 1. The maximum absolute atomic E-state index is 12.2. The van der Waals surface area contributed by atoms with Crippen molar-refractivity contribution in [2.75, 3.05) is 13.2 Å². The summed E-state index contributed by atoms with van der Waals surface area (Å²) in [4.78, 5) is 23.3. The maximum Gasteiger partial charge on any atom is 0.305 e. The van der Waals surface area contributed by atoms with Crippen molar-refractivity contribution in [2.24, 2.45) is 0 Å². The number of carbonyl (C=O) groups excluding carboxylic acids is 1. The van der Waals surface area contributed by atoms with Crippen LogP contribution in [0.2, 0.25) is 8.67 Å². The summed E-state index contributed by atoms with van der Waals surface area (Å²) in [5, 5.41) is 12.0. The highest BCUT2D eigenvalue weighted by atomic mass is 35.5. The van der Waals surface area contributed by atoms with Crippen molar-refractivity contribution in [1.82, 2.24) is 5.32 Å². The van der Waals surface area contributed by atoms with E-state index in [0.717, 1.165) is 5.56 Å². The van der Waals surface area contributed by atoms with Crippen molar-refractivity contribution < 1.29 is 19.4 Å². The molecule has 0 radical (unpaired) electrons. The lowest BCUT2D eigenvalue weighted by molar-refractivity contribution is -0.140. The summed E-state index contributed by atoms with van der Waals surface area (Å²) in [6.45, 7) is 0.938. The summed E-state index contributed by atoms with van der Waals surface area (Å²) < 4.78 is 6.56. The van der Waals surface area contributed by atoms with Crippen LogP contribution in [0.25, 0.3) is 0 Å².